The molecular weight excluding hydrogens is 266 g/mol. The molecule has 1 aromatic rings. The van der Waals surface area contributed by atoms with Crippen molar-refractivity contribution in [1.82, 2.24) is 9.97 Å². The normalized spacial score (nSPS) is 21.9. The van der Waals surface area contributed by atoms with E-state index < -0.39 is 0 Å². The third kappa shape index (κ3) is 3.99. The Morgan fingerprint density at radius 2 is 2.05 bits per heavy atom. The van der Waals surface area contributed by atoms with Crippen molar-refractivity contribution in [1.29, 1.82) is 0 Å². The summed E-state index contributed by atoms with van der Waals surface area (Å²) in [6, 6.07) is 0. The molecule has 0 amide bonds. The van der Waals surface area contributed by atoms with Crippen LogP contribution in [0.15, 0.2) is 6.33 Å². The molecule has 5 nitrogen and oxygen atoms in total. The van der Waals surface area contributed by atoms with Gasteiger partial charge >= 0.3 is 0 Å². The summed E-state index contributed by atoms with van der Waals surface area (Å²) < 4.78 is 11.7. The van der Waals surface area contributed by atoms with Crippen molar-refractivity contribution in [2.24, 2.45) is 5.92 Å². The number of nitrogens with one attached hydrogen (secondary N) is 1. The molecule has 118 valence electrons. The Labute approximate surface area is 127 Å². The SMILES string of the molecule is CCCNc1ncnc(OC2CCCCC2CC)c1OC. The van der Waals surface area contributed by atoms with Gasteiger partial charge in [0.2, 0.25) is 5.75 Å². The molecular formula is C16H27N3O2. The number of methoxy groups -OCH3 is 1. The second kappa shape index (κ2) is 8.05. The van der Waals surface area contributed by atoms with Crippen LogP contribution in [-0.4, -0.2) is 29.7 Å². The lowest BCUT2D eigenvalue weighted by molar-refractivity contribution is 0.0825. The fraction of sp³-hybridized carbons (Fsp3) is 0.750. The molecule has 0 saturated heterocycles. The average Bonchev–Trinajstić information content (AvgIpc) is 2.53. The Kier molecular flexibility index (Phi) is 6.08. The molecule has 0 spiro atoms. The third-order valence-electron chi connectivity index (χ3n) is 4.14. The zero-order valence-corrected chi connectivity index (χ0v) is 13.4. The van der Waals surface area contributed by atoms with Crippen LogP contribution in [0.5, 0.6) is 11.6 Å². The summed E-state index contributed by atoms with van der Waals surface area (Å²) in [6.45, 7) is 5.21. The Balaban J connectivity index is 2.14. The Hall–Kier alpha value is -1.52. The summed E-state index contributed by atoms with van der Waals surface area (Å²) in [5.41, 5.74) is 0. The average molecular weight is 293 g/mol. The molecule has 0 aromatic carbocycles. The van der Waals surface area contributed by atoms with E-state index in [1.165, 1.54) is 19.3 Å². The Morgan fingerprint density at radius 1 is 1.24 bits per heavy atom. The first-order valence-electron chi connectivity index (χ1n) is 8.09. The molecule has 21 heavy (non-hydrogen) atoms. The van der Waals surface area contributed by atoms with Gasteiger partial charge in [0, 0.05) is 6.54 Å². The van der Waals surface area contributed by atoms with E-state index in [0.717, 1.165) is 25.8 Å². The van der Waals surface area contributed by atoms with Crippen molar-refractivity contribution in [3.8, 4) is 11.6 Å². The third-order valence-corrected chi connectivity index (χ3v) is 4.14. The van der Waals surface area contributed by atoms with Gasteiger partial charge in [0.15, 0.2) is 5.82 Å². The highest BCUT2D eigenvalue weighted by molar-refractivity contribution is 5.55. The first-order valence-corrected chi connectivity index (χ1v) is 8.09. The predicted octanol–water partition coefficient (Wildman–Crippen LogP) is 3.65. The van der Waals surface area contributed by atoms with E-state index in [1.807, 2.05) is 0 Å². The van der Waals surface area contributed by atoms with Crippen LogP contribution in [0.3, 0.4) is 0 Å². The van der Waals surface area contributed by atoms with E-state index in [2.05, 4.69) is 29.1 Å². The van der Waals surface area contributed by atoms with Crippen LogP contribution in [0.25, 0.3) is 0 Å². The molecule has 0 radical (unpaired) electrons. The summed E-state index contributed by atoms with van der Waals surface area (Å²) in [6.07, 6.45) is 8.85. The smallest absolute Gasteiger partial charge is 0.262 e. The minimum atomic E-state index is 0.242. The molecule has 0 bridgehead atoms. The van der Waals surface area contributed by atoms with Crippen molar-refractivity contribution < 1.29 is 9.47 Å². The van der Waals surface area contributed by atoms with Crippen molar-refractivity contribution in [3.05, 3.63) is 6.33 Å². The fourth-order valence-corrected chi connectivity index (χ4v) is 2.93. The largest absolute Gasteiger partial charge is 0.489 e. The molecule has 1 aliphatic rings. The summed E-state index contributed by atoms with van der Waals surface area (Å²) in [7, 11) is 1.64. The fourth-order valence-electron chi connectivity index (χ4n) is 2.93. The Morgan fingerprint density at radius 3 is 2.76 bits per heavy atom. The van der Waals surface area contributed by atoms with Gasteiger partial charge in [0.05, 0.1) is 7.11 Å². The number of rotatable bonds is 7. The highest BCUT2D eigenvalue weighted by atomic mass is 16.5. The monoisotopic (exact) mass is 293 g/mol. The van der Waals surface area contributed by atoms with Crippen LogP contribution >= 0.6 is 0 Å². The molecule has 1 aliphatic carbocycles. The van der Waals surface area contributed by atoms with Crippen molar-refractivity contribution in [2.75, 3.05) is 19.0 Å². The van der Waals surface area contributed by atoms with E-state index in [1.54, 1.807) is 13.4 Å². The summed E-state index contributed by atoms with van der Waals surface area (Å²) >= 11 is 0. The standard InChI is InChI=1S/C16H27N3O2/c1-4-10-17-15-14(20-3)16(19-11-18-15)21-13-9-7-6-8-12(13)5-2/h11-13H,4-10H2,1-3H3,(H,17,18,19). The van der Waals surface area contributed by atoms with Gasteiger partial charge in [0.25, 0.3) is 5.88 Å². The number of aromatic nitrogens is 2. The van der Waals surface area contributed by atoms with Crippen LogP contribution in [0.4, 0.5) is 5.82 Å². The lowest BCUT2D eigenvalue weighted by atomic mass is 9.85. The van der Waals surface area contributed by atoms with Gasteiger partial charge in [-0.05, 0) is 38.0 Å². The Bertz CT molecular complexity index is 440. The second-order valence-electron chi connectivity index (χ2n) is 5.60. The molecule has 1 N–H and O–H groups in total. The molecule has 1 aromatic heterocycles. The summed E-state index contributed by atoms with van der Waals surface area (Å²) in [4.78, 5) is 8.54. The van der Waals surface area contributed by atoms with Crippen LogP contribution in [0.1, 0.15) is 52.4 Å². The number of ether oxygens (including phenoxy) is 2. The van der Waals surface area contributed by atoms with Gasteiger partial charge in [-0.25, -0.2) is 4.98 Å². The zero-order valence-electron chi connectivity index (χ0n) is 13.4. The van der Waals surface area contributed by atoms with Crippen LogP contribution in [0.2, 0.25) is 0 Å². The minimum absolute atomic E-state index is 0.242. The number of hydrogen-bond donors (Lipinski definition) is 1. The molecule has 1 heterocycles. The molecule has 1 fully saturated rings. The molecule has 1 saturated carbocycles. The number of hydrogen-bond acceptors (Lipinski definition) is 5. The minimum Gasteiger partial charge on any atom is -0.489 e. The zero-order chi connectivity index (χ0) is 15.1. The molecule has 2 atom stereocenters. The van der Waals surface area contributed by atoms with Gasteiger partial charge in [-0.2, -0.15) is 4.98 Å². The first kappa shape index (κ1) is 15.9. The molecule has 2 unspecified atom stereocenters. The van der Waals surface area contributed by atoms with E-state index in [9.17, 15) is 0 Å². The van der Waals surface area contributed by atoms with Gasteiger partial charge in [0.1, 0.15) is 12.4 Å². The second-order valence-corrected chi connectivity index (χ2v) is 5.60. The molecule has 5 heteroatoms. The van der Waals surface area contributed by atoms with Crippen molar-refractivity contribution >= 4 is 5.82 Å². The number of nitrogens with zero attached hydrogens (tertiary/aromatic N) is 2. The highest BCUT2D eigenvalue weighted by Gasteiger charge is 2.27. The van der Waals surface area contributed by atoms with Crippen molar-refractivity contribution in [2.45, 2.75) is 58.5 Å². The quantitative estimate of drug-likeness (QED) is 0.831. The van der Waals surface area contributed by atoms with E-state index in [0.29, 0.717) is 23.4 Å². The molecule has 0 aliphatic heterocycles. The maximum atomic E-state index is 6.19. The van der Waals surface area contributed by atoms with E-state index in [4.69, 9.17) is 9.47 Å². The maximum absolute atomic E-state index is 6.19. The highest BCUT2D eigenvalue weighted by Crippen LogP contribution is 2.35. The summed E-state index contributed by atoms with van der Waals surface area (Å²) in [5, 5.41) is 3.26. The lowest BCUT2D eigenvalue weighted by Crippen LogP contribution is -2.30. The maximum Gasteiger partial charge on any atom is 0.262 e. The number of anilines is 1. The van der Waals surface area contributed by atoms with E-state index >= 15 is 0 Å². The first-order chi connectivity index (χ1) is 10.3. The molecule has 2 rings (SSSR count). The van der Waals surface area contributed by atoms with Gasteiger partial charge in [-0.15, -0.1) is 0 Å². The van der Waals surface area contributed by atoms with Gasteiger partial charge in [-0.1, -0.05) is 20.3 Å². The van der Waals surface area contributed by atoms with E-state index in [-0.39, 0.29) is 6.10 Å². The van der Waals surface area contributed by atoms with Crippen LogP contribution < -0.4 is 14.8 Å². The summed E-state index contributed by atoms with van der Waals surface area (Å²) in [5.74, 6) is 2.52. The van der Waals surface area contributed by atoms with Crippen molar-refractivity contribution in [3.63, 3.8) is 0 Å². The van der Waals surface area contributed by atoms with Gasteiger partial charge < -0.3 is 14.8 Å². The van der Waals surface area contributed by atoms with Crippen LogP contribution in [0, 0.1) is 5.92 Å². The lowest BCUT2D eigenvalue weighted by Gasteiger charge is -2.31. The van der Waals surface area contributed by atoms with Gasteiger partial charge in [-0.3, -0.25) is 0 Å². The topological polar surface area (TPSA) is 56.3 Å². The predicted molar refractivity (Wildman–Crippen MR) is 84.0 cm³/mol. The van der Waals surface area contributed by atoms with Crippen LogP contribution in [-0.2, 0) is 0 Å².